The van der Waals surface area contributed by atoms with E-state index >= 15 is 0 Å². The number of carbonyl (C=O) groups is 2. The third kappa shape index (κ3) is 1.03. The lowest BCUT2D eigenvalue weighted by Crippen LogP contribution is -2.50. The monoisotopic (exact) mass is 220 g/mol. The zero-order valence-electron chi connectivity index (χ0n) is 8.17. The zero-order chi connectivity index (χ0) is 11.3. The number of fused-ring (bicyclic) bond motifs is 3. The summed E-state index contributed by atoms with van der Waals surface area (Å²) in [5.74, 6) is -4.03. The highest BCUT2D eigenvalue weighted by Gasteiger charge is 2.56. The number of hydrogen-bond acceptors (Lipinski definition) is 5. The minimum Gasteiger partial charge on any atom is -0.446 e. The van der Waals surface area contributed by atoms with Crippen molar-refractivity contribution in [2.24, 2.45) is 0 Å². The molecule has 1 heterocycles. The van der Waals surface area contributed by atoms with Gasteiger partial charge in [0.05, 0.1) is 0 Å². The lowest BCUT2D eigenvalue weighted by molar-refractivity contribution is -0.274. The highest BCUT2D eigenvalue weighted by atomic mass is 16.7. The summed E-state index contributed by atoms with van der Waals surface area (Å²) in [6.07, 6.45) is -0.485. The second kappa shape index (κ2) is 2.82. The Labute approximate surface area is 90.6 Å². The van der Waals surface area contributed by atoms with Gasteiger partial charge in [-0.1, -0.05) is 24.3 Å². The highest BCUT2D eigenvalue weighted by molar-refractivity contribution is 6.30. The van der Waals surface area contributed by atoms with Crippen LogP contribution < -0.4 is 0 Å². The fraction of sp³-hybridized carbons (Fsp3) is 0.273. The van der Waals surface area contributed by atoms with Crippen LogP contribution in [0.15, 0.2) is 24.3 Å². The van der Waals surface area contributed by atoms with E-state index in [2.05, 4.69) is 0 Å². The van der Waals surface area contributed by atoms with E-state index in [1.165, 1.54) is 0 Å². The lowest BCUT2D eigenvalue weighted by Gasteiger charge is -2.33. The molecule has 2 atom stereocenters. The molecule has 16 heavy (non-hydrogen) atoms. The molecule has 3 rings (SSSR count). The summed E-state index contributed by atoms with van der Waals surface area (Å²) in [5.41, 5.74) is 1.30. The van der Waals surface area contributed by atoms with Crippen LogP contribution in [-0.2, 0) is 31.3 Å². The molecule has 1 aromatic rings. The number of aliphatic hydroxyl groups is 1. The number of benzene rings is 1. The van der Waals surface area contributed by atoms with Crippen LogP contribution in [0, 0.1) is 0 Å². The second-order valence-electron chi connectivity index (χ2n) is 3.84. The number of hydrogen-bond donors (Lipinski definition) is 1. The molecule has 1 saturated heterocycles. The lowest BCUT2D eigenvalue weighted by atomic mass is 10.1. The molecule has 0 spiro atoms. The van der Waals surface area contributed by atoms with Gasteiger partial charge >= 0.3 is 11.9 Å². The molecule has 1 aromatic carbocycles. The molecule has 2 unspecified atom stereocenters. The predicted molar refractivity (Wildman–Crippen MR) is 50.0 cm³/mol. The Morgan fingerprint density at radius 1 is 1.25 bits per heavy atom. The molecule has 5 heteroatoms. The maximum Gasteiger partial charge on any atom is 0.420 e. The zero-order valence-corrected chi connectivity index (χ0v) is 8.17. The van der Waals surface area contributed by atoms with Crippen LogP contribution >= 0.6 is 0 Å². The molecule has 0 amide bonds. The molecule has 2 aliphatic rings. The van der Waals surface area contributed by atoms with Gasteiger partial charge in [0.25, 0.3) is 5.79 Å². The topological polar surface area (TPSA) is 72.8 Å². The quantitative estimate of drug-likeness (QED) is 0.486. The second-order valence-corrected chi connectivity index (χ2v) is 3.84. The third-order valence-corrected chi connectivity index (χ3v) is 2.91. The predicted octanol–water partition coefficient (Wildman–Crippen LogP) is -0.144. The summed E-state index contributed by atoms with van der Waals surface area (Å²) in [5, 5.41) is 10.2. The van der Waals surface area contributed by atoms with E-state index in [0.29, 0.717) is 12.0 Å². The number of rotatable bonds is 0. The van der Waals surface area contributed by atoms with E-state index in [4.69, 9.17) is 9.47 Å². The average molecular weight is 220 g/mol. The van der Waals surface area contributed by atoms with Gasteiger partial charge in [0.1, 0.15) is 0 Å². The van der Waals surface area contributed by atoms with Crippen LogP contribution in [-0.4, -0.2) is 23.1 Å². The maximum atomic E-state index is 11.1. The van der Waals surface area contributed by atoms with Crippen LogP contribution in [0.1, 0.15) is 11.1 Å². The molecule has 0 bridgehead atoms. The van der Waals surface area contributed by atoms with Gasteiger partial charge in [-0.05, 0) is 5.56 Å². The largest absolute Gasteiger partial charge is 0.446 e. The maximum absolute atomic E-state index is 11.1. The molecule has 1 fully saturated rings. The van der Waals surface area contributed by atoms with Gasteiger partial charge in [-0.15, -0.1) is 0 Å². The normalized spacial score (nSPS) is 31.4. The smallest absolute Gasteiger partial charge is 0.420 e. The van der Waals surface area contributed by atoms with Gasteiger partial charge in [0, 0.05) is 12.0 Å². The van der Waals surface area contributed by atoms with Gasteiger partial charge in [-0.2, -0.15) is 0 Å². The van der Waals surface area contributed by atoms with E-state index < -0.39 is 23.8 Å². The van der Waals surface area contributed by atoms with Crippen molar-refractivity contribution in [2.45, 2.75) is 18.3 Å². The fourth-order valence-electron chi connectivity index (χ4n) is 2.16. The summed E-state index contributed by atoms with van der Waals surface area (Å²) in [7, 11) is 0. The summed E-state index contributed by atoms with van der Waals surface area (Å²) in [6.45, 7) is 0. The molecule has 1 aliphatic carbocycles. The SMILES string of the molecule is O=C1OC2Cc3ccccc3C2(O)OC1=O. The first-order valence-electron chi connectivity index (χ1n) is 4.86. The highest BCUT2D eigenvalue weighted by Crippen LogP contribution is 2.41. The van der Waals surface area contributed by atoms with Crippen LogP contribution in [0.4, 0.5) is 0 Å². The van der Waals surface area contributed by atoms with E-state index in [9.17, 15) is 14.7 Å². The van der Waals surface area contributed by atoms with Crippen molar-refractivity contribution in [3.05, 3.63) is 35.4 Å². The van der Waals surface area contributed by atoms with E-state index in [0.717, 1.165) is 5.56 Å². The Balaban J connectivity index is 2.10. The number of carbonyl (C=O) groups excluding carboxylic acids is 2. The molecule has 1 N–H and O–H groups in total. The molecule has 5 nitrogen and oxygen atoms in total. The van der Waals surface area contributed by atoms with Crippen LogP contribution in [0.5, 0.6) is 0 Å². The molecule has 1 aliphatic heterocycles. The van der Waals surface area contributed by atoms with Gasteiger partial charge < -0.3 is 14.6 Å². The van der Waals surface area contributed by atoms with E-state index in [1.807, 2.05) is 6.07 Å². The first-order valence-corrected chi connectivity index (χ1v) is 4.86. The van der Waals surface area contributed by atoms with Crippen molar-refractivity contribution in [3.8, 4) is 0 Å². The summed E-state index contributed by atoms with van der Waals surface area (Å²) >= 11 is 0. The molecule has 0 aromatic heterocycles. The van der Waals surface area contributed by atoms with Crippen LogP contribution in [0.2, 0.25) is 0 Å². The average Bonchev–Trinajstić information content (AvgIpc) is 2.53. The minimum atomic E-state index is -1.82. The van der Waals surface area contributed by atoms with Gasteiger partial charge in [-0.3, -0.25) is 0 Å². The van der Waals surface area contributed by atoms with E-state index in [-0.39, 0.29) is 0 Å². The van der Waals surface area contributed by atoms with E-state index in [1.54, 1.807) is 18.2 Å². The summed E-state index contributed by atoms with van der Waals surface area (Å²) in [4.78, 5) is 22.1. The van der Waals surface area contributed by atoms with Crippen molar-refractivity contribution >= 4 is 11.9 Å². The molecular weight excluding hydrogens is 212 g/mol. The first kappa shape index (κ1) is 9.35. The molecule has 0 saturated carbocycles. The van der Waals surface area contributed by atoms with Gasteiger partial charge in [0.15, 0.2) is 6.10 Å². The van der Waals surface area contributed by atoms with Crippen molar-refractivity contribution in [3.63, 3.8) is 0 Å². The van der Waals surface area contributed by atoms with Crippen molar-refractivity contribution in [2.75, 3.05) is 0 Å². The Morgan fingerprint density at radius 3 is 2.81 bits per heavy atom. The standard InChI is InChI=1S/C11H8O5/c12-9-10(13)16-11(14)7-4-2-1-3-6(7)5-8(11)15-9/h1-4,8,14H,5H2. The van der Waals surface area contributed by atoms with Crippen molar-refractivity contribution < 1.29 is 24.2 Å². The van der Waals surface area contributed by atoms with Gasteiger partial charge in [-0.25, -0.2) is 9.59 Å². The number of esters is 2. The Morgan fingerprint density at radius 2 is 2.00 bits per heavy atom. The Hall–Kier alpha value is -1.88. The van der Waals surface area contributed by atoms with Crippen molar-refractivity contribution in [1.29, 1.82) is 0 Å². The molecule has 82 valence electrons. The minimum absolute atomic E-state index is 0.353. The van der Waals surface area contributed by atoms with Crippen LogP contribution in [0.25, 0.3) is 0 Å². The number of ether oxygens (including phenoxy) is 2. The summed E-state index contributed by atoms with van der Waals surface area (Å²) in [6, 6.07) is 6.99. The van der Waals surface area contributed by atoms with Gasteiger partial charge in [0.2, 0.25) is 0 Å². The van der Waals surface area contributed by atoms with Crippen LogP contribution in [0.3, 0.4) is 0 Å². The Bertz CT molecular complexity index is 495. The molecular formula is C11H8O5. The first-order chi connectivity index (χ1) is 7.61. The Kier molecular flexibility index (Phi) is 1.65. The summed E-state index contributed by atoms with van der Waals surface area (Å²) < 4.78 is 9.62. The van der Waals surface area contributed by atoms with Crippen molar-refractivity contribution in [1.82, 2.24) is 0 Å². The fourth-order valence-corrected chi connectivity index (χ4v) is 2.16. The molecule has 0 radical (unpaired) electrons. The third-order valence-electron chi connectivity index (χ3n) is 2.91.